The summed E-state index contributed by atoms with van der Waals surface area (Å²) in [6, 6.07) is 8.45. The van der Waals surface area contributed by atoms with Crippen LogP contribution in [-0.2, 0) is 0 Å². The summed E-state index contributed by atoms with van der Waals surface area (Å²) in [4.78, 5) is 0. The molecule has 102 valence electrons. The first kappa shape index (κ1) is 15.0. The third-order valence-corrected chi connectivity index (χ3v) is 2.77. The van der Waals surface area contributed by atoms with Gasteiger partial charge in [-0.25, -0.2) is 0 Å². The molecule has 0 aromatic heterocycles. The number of rotatable bonds is 7. The van der Waals surface area contributed by atoms with Crippen molar-refractivity contribution in [3.63, 3.8) is 0 Å². The number of nitrogens with one attached hydrogen (secondary N) is 1. The van der Waals surface area contributed by atoms with E-state index in [0.717, 1.165) is 5.75 Å². The molecule has 0 amide bonds. The molecule has 3 heteroatoms. The summed E-state index contributed by atoms with van der Waals surface area (Å²) in [7, 11) is 0. The Labute approximate surface area is 110 Å². The van der Waals surface area contributed by atoms with E-state index >= 15 is 0 Å². The predicted molar refractivity (Wildman–Crippen MR) is 75.2 cm³/mol. The van der Waals surface area contributed by atoms with Gasteiger partial charge >= 0.3 is 0 Å². The van der Waals surface area contributed by atoms with Crippen LogP contribution in [0.25, 0.3) is 0 Å². The van der Waals surface area contributed by atoms with E-state index in [-0.39, 0.29) is 12.6 Å². The topological polar surface area (TPSA) is 41.5 Å². The van der Waals surface area contributed by atoms with E-state index in [0.29, 0.717) is 18.6 Å². The zero-order valence-corrected chi connectivity index (χ0v) is 11.8. The van der Waals surface area contributed by atoms with Crippen molar-refractivity contribution in [2.75, 3.05) is 13.2 Å². The van der Waals surface area contributed by atoms with Crippen LogP contribution in [-0.4, -0.2) is 30.4 Å². The fourth-order valence-corrected chi connectivity index (χ4v) is 1.79. The predicted octanol–water partition coefficient (Wildman–Crippen LogP) is 2.55. The Balaban J connectivity index is 2.54. The first-order chi connectivity index (χ1) is 8.52. The van der Waals surface area contributed by atoms with Crippen LogP contribution < -0.4 is 10.1 Å². The van der Waals surface area contributed by atoms with Gasteiger partial charge in [-0.15, -0.1) is 0 Å². The molecule has 0 saturated heterocycles. The second-order valence-corrected chi connectivity index (χ2v) is 5.24. The zero-order chi connectivity index (χ0) is 13.5. The van der Waals surface area contributed by atoms with Gasteiger partial charge in [0.2, 0.25) is 0 Å². The summed E-state index contributed by atoms with van der Waals surface area (Å²) in [6.07, 6.45) is 0. The molecule has 3 nitrogen and oxygen atoms in total. The molecule has 1 unspecified atom stereocenters. The molecule has 0 spiro atoms. The van der Waals surface area contributed by atoms with E-state index in [1.807, 2.05) is 12.1 Å². The summed E-state index contributed by atoms with van der Waals surface area (Å²) >= 11 is 0. The normalized spacial score (nSPS) is 13.1. The molecule has 0 aliphatic rings. The van der Waals surface area contributed by atoms with Gasteiger partial charge in [0.1, 0.15) is 12.4 Å². The van der Waals surface area contributed by atoms with Crippen LogP contribution in [0.3, 0.4) is 0 Å². The zero-order valence-electron chi connectivity index (χ0n) is 11.8. The SMILES string of the molecule is CC(C)NC(CO)COc1cccc(C(C)C)c1. The highest BCUT2D eigenvalue weighted by molar-refractivity contribution is 5.30. The molecule has 18 heavy (non-hydrogen) atoms. The maximum absolute atomic E-state index is 9.25. The van der Waals surface area contributed by atoms with Crippen LogP contribution in [0.4, 0.5) is 0 Å². The number of hydrogen-bond donors (Lipinski definition) is 2. The summed E-state index contributed by atoms with van der Waals surface area (Å²) in [5, 5.41) is 12.5. The van der Waals surface area contributed by atoms with Crippen molar-refractivity contribution in [1.82, 2.24) is 5.32 Å². The van der Waals surface area contributed by atoms with Crippen LogP contribution in [0.5, 0.6) is 5.75 Å². The molecule has 0 saturated carbocycles. The van der Waals surface area contributed by atoms with E-state index < -0.39 is 0 Å². The quantitative estimate of drug-likeness (QED) is 0.782. The monoisotopic (exact) mass is 251 g/mol. The number of aliphatic hydroxyl groups is 1. The summed E-state index contributed by atoms with van der Waals surface area (Å²) in [5.41, 5.74) is 1.27. The average molecular weight is 251 g/mol. The standard InChI is InChI=1S/C15H25NO2/c1-11(2)13-6-5-7-15(8-13)18-10-14(9-17)16-12(3)4/h5-8,11-12,14,16-17H,9-10H2,1-4H3. The van der Waals surface area contributed by atoms with Gasteiger partial charge in [0.15, 0.2) is 0 Å². The van der Waals surface area contributed by atoms with Gasteiger partial charge in [0.05, 0.1) is 12.6 Å². The fourth-order valence-electron chi connectivity index (χ4n) is 1.79. The lowest BCUT2D eigenvalue weighted by Gasteiger charge is -2.19. The van der Waals surface area contributed by atoms with Gasteiger partial charge in [-0.05, 0) is 23.6 Å². The van der Waals surface area contributed by atoms with Crippen LogP contribution >= 0.6 is 0 Å². The van der Waals surface area contributed by atoms with Gasteiger partial charge < -0.3 is 15.2 Å². The van der Waals surface area contributed by atoms with Gasteiger partial charge in [-0.1, -0.05) is 39.8 Å². The number of benzene rings is 1. The smallest absolute Gasteiger partial charge is 0.119 e. The summed E-state index contributed by atoms with van der Waals surface area (Å²) in [6.45, 7) is 9.01. The highest BCUT2D eigenvalue weighted by Crippen LogP contribution is 2.20. The minimum absolute atomic E-state index is 0.0206. The van der Waals surface area contributed by atoms with Crippen LogP contribution in [0.15, 0.2) is 24.3 Å². The van der Waals surface area contributed by atoms with Crippen molar-refractivity contribution in [2.24, 2.45) is 0 Å². The molecule has 1 atom stereocenters. The van der Waals surface area contributed by atoms with Crippen molar-refractivity contribution in [3.8, 4) is 5.75 Å². The van der Waals surface area contributed by atoms with E-state index in [1.165, 1.54) is 5.56 Å². The van der Waals surface area contributed by atoms with Crippen LogP contribution in [0.1, 0.15) is 39.2 Å². The number of ether oxygens (including phenoxy) is 1. The molecule has 0 radical (unpaired) electrons. The lowest BCUT2D eigenvalue weighted by molar-refractivity contribution is 0.177. The fraction of sp³-hybridized carbons (Fsp3) is 0.600. The number of hydrogen-bond acceptors (Lipinski definition) is 3. The first-order valence-electron chi connectivity index (χ1n) is 6.62. The molecule has 0 heterocycles. The van der Waals surface area contributed by atoms with Gasteiger partial charge in [0, 0.05) is 6.04 Å². The largest absolute Gasteiger partial charge is 0.492 e. The van der Waals surface area contributed by atoms with Gasteiger partial charge in [0.25, 0.3) is 0 Å². The molecule has 0 aliphatic heterocycles. The second kappa shape index (κ2) is 7.39. The first-order valence-corrected chi connectivity index (χ1v) is 6.62. The van der Waals surface area contributed by atoms with E-state index in [1.54, 1.807) is 0 Å². The van der Waals surface area contributed by atoms with Crippen molar-refractivity contribution in [3.05, 3.63) is 29.8 Å². The molecular weight excluding hydrogens is 226 g/mol. The molecule has 2 N–H and O–H groups in total. The van der Waals surface area contributed by atoms with Crippen LogP contribution in [0, 0.1) is 0 Å². The molecule has 1 aromatic carbocycles. The maximum atomic E-state index is 9.25. The average Bonchev–Trinajstić information content (AvgIpc) is 2.34. The highest BCUT2D eigenvalue weighted by atomic mass is 16.5. The van der Waals surface area contributed by atoms with Crippen LogP contribution in [0.2, 0.25) is 0 Å². The number of aliphatic hydroxyl groups excluding tert-OH is 1. The molecule has 1 aromatic rings. The molecular formula is C15H25NO2. The summed E-state index contributed by atoms with van der Waals surface area (Å²) < 4.78 is 5.73. The van der Waals surface area contributed by atoms with Crippen molar-refractivity contribution >= 4 is 0 Å². The lowest BCUT2D eigenvalue weighted by Crippen LogP contribution is -2.41. The van der Waals surface area contributed by atoms with E-state index in [4.69, 9.17) is 4.74 Å². The summed E-state index contributed by atoms with van der Waals surface area (Å²) in [5.74, 6) is 1.36. The van der Waals surface area contributed by atoms with Crippen molar-refractivity contribution in [2.45, 2.75) is 45.7 Å². The minimum Gasteiger partial charge on any atom is -0.492 e. The van der Waals surface area contributed by atoms with E-state index in [2.05, 4.69) is 45.1 Å². The Hall–Kier alpha value is -1.06. The lowest BCUT2D eigenvalue weighted by atomic mass is 10.0. The molecule has 1 rings (SSSR count). The van der Waals surface area contributed by atoms with Gasteiger partial charge in [-0.3, -0.25) is 0 Å². The molecule has 0 aliphatic carbocycles. The second-order valence-electron chi connectivity index (χ2n) is 5.24. The minimum atomic E-state index is -0.0206. The Kier molecular flexibility index (Phi) is 6.16. The third kappa shape index (κ3) is 5.07. The Morgan fingerprint density at radius 3 is 2.50 bits per heavy atom. The maximum Gasteiger partial charge on any atom is 0.119 e. The highest BCUT2D eigenvalue weighted by Gasteiger charge is 2.09. The molecule has 0 bridgehead atoms. The van der Waals surface area contributed by atoms with Gasteiger partial charge in [-0.2, -0.15) is 0 Å². The Bertz CT molecular complexity index is 350. The van der Waals surface area contributed by atoms with Crippen molar-refractivity contribution in [1.29, 1.82) is 0 Å². The third-order valence-electron chi connectivity index (χ3n) is 2.77. The molecule has 0 fully saturated rings. The van der Waals surface area contributed by atoms with Crippen molar-refractivity contribution < 1.29 is 9.84 Å². The van der Waals surface area contributed by atoms with E-state index in [9.17, 15) is 5.11 Å². The Morgan fingerprint density at radius 2 is 1.94 bits per heavy atom. The Morgan fingerprint density at radius 1 is 1.22 bits per heavy atom.